The van der Waals surface area contributed by atoms with E-state index in [0.717, 1.165) is 17.8 Å². The molecule has 0 radical (unpaired) electrons. The molecule has 164 valence electrons. The number of nitrogens with two attached hydrogens (primary N) is 1. The fourth-order valence-corrected chi connectivity index (χ4v) is 3.36. The Balaban J connectivity index is 1.51. The van der Waals surface area contributed by atoms with Gasteiger partial charge in [-0.3, -0.25) is 4.57 Å². The van der Waals surface area contributed by atoms with Crippen LogP contribution in [-0.2, 0) is 6.18 Å². The number of carbonyl (C=O) groups excluding carboxylic acids is 1. The van der Waals surface area contributed by atoms with Crippen LogP contribution >= 0.6 is 11.6 Å². The van der Waals surface area contributed by atoms with Crippen LogP contribution in [0.1, 0.15) is 11.4 Å². The van der Waals surface area contributed by atoms with Crippen molar-refractivity contribution >= 4 is 46.0 Å². The SMILES string of the molecule is Cc1nc2c(N)ncnc2n1-c1ccc(NC(=O)Nc2ccc(Cl)c(C(F)(F)F)c2)cc1. The summed E-state index contributed by atoms with van der Waals surface area (Å²) in [6.45, 7) is 1.79. The van der Waals surface area contributed by atoms with Crippen molar-refractivity contribution in [2.45, 2.75) is 13.1 Å². The fourth-order valence-electron chi connectivity index (χ4n) is 3.14. The second-order valence-electron chi connectivity index (χ2n) is 6.74. The summed E-state index contributed by atoms with van der Waals surface area (Å²) in [7, 11) is 0. The highest BCUT2D eigenvalue weighted by Gasteiger charge is 2.33. The standard InChI is InChI=1S/C20H15ClF3N7O/c1-10-28-16-17(25)26-9-27-18(16)31(10)13-5-2-11(3-6-13)29-19(32)30-12-4-7-15(21)14(8-12)20(22,23)24/h2-9H,1H3,(H2,25,26,27)(H2,29,30,32). The Morgan fingerprint density at radius 3 is 2.41 bits per heavy atom. The van der Waals surface area contributed by atoms with Crippen molar-refractivity contribution < 1.29 is 18.0 Å². The van der Waals surface area contributed by atoms with Gasteiger partial charge in [-0.2, -0.15) is 13.2 Å². The van der Waals surface area contributed by atoms with Gasteiger partial charge in [0, 0.05) is 17.1 Å². The highest BCUT2D eigenvalue weighted by Crippen LogP contribution is 2.36. The lowest BCUT2D eigenvalue weighted by Gasteiger charge is -2.13. The van der Waals surface area contributed by atoms with Gasteiger partial charge in [-0.25, -0.2) is 19.7 Å². The van der Waals surface area contributed by atoms with Gasteiger partial charge >= 0.3 is 12.2 Å². The predicted molar refractivity (Wildman–Crippen MR) is 115 cm³/mol. The monoisotopic (exact) mass is 461 g/mol. The van der Waals surface area contributed by atoms with Crippen LogP contribution in [0.2, 0.25) is 5.02 Å². The number of rotatable bonds is 3. The highest BCUT2D eigenvalue weighted by atomic mass is 35.5. The summed E-state index contributed by atoms with van der Waals surface area (Å²) >= 11 is 5.59. The van der Waals surface area contributed by atoms with Gasteiger partial charge in [0.05, 0.1) is 10.6 Å². The summed E-state index contributed by atoms with van der Waals surface area (Å²) in [6.07, 6.45) is -3.29. The van der Waals surface area contributed by atoms with Gasteiger partial charge in [-0.15, -0.1) is 0 Å². The lowest BCUT2D eigenvalue weighted by molar-refractivity contribution is -0.137. The van der Waals surface area contributed by atoms with Gasteiger partial charge in [-0.1, -0.05) is 11.6 Å². The zero-order valence-corrected chi connectivity index (χ0v) is 17.2. The van der Waals surface area contributed by atoms with E-state index in [0.29, 0.717) is 22.7 Å². The van der Waals surface area contributed by atoms with Crippen LogP contribution in [0, 0.1) is 6.92 Å². The molecular formula is C20H15ClF3N7O. The van der Waals surface area contributed by atoms with E-state index in [9.17, 15) is 18.0 Å². The highest BCUT2D eigenvalue weighted by molar-refractivity contribution is 6.31. The van der Waals surface area contributed by atoms with Crippen LogP contribution in [0.3, 0.4) is 0 Å². The van der Waals surface area contributed by atoms with Gasteiger partial charge in [0.2, 0.25) is 0 Å². The number of halogens is 4. The smallest absolute Gasteiger partial charge is 0.382 e. The molecule has 2 aromatic heterocycles. The lowest BCUT2D eigenvalue weighted by atomic mass is 10.2. The first-order chi connectivity index (χ1) is 15.1. The van der Waals surface area contributed by atoms with Gasteiger partial charge in [0.1, 0.15) is 12.2 Å². The van der Waals surface area contributed by atoms with E-state index in [2.05, 4.69) is 25.6 Å². The summed E-state index contributed by atoms with van der Waals surface area (Å²) in [5, 5.41) is 4.47. The first-order valence-corrected chi connectivity index (χ1v) is 9.52. The van der Waals surface area contributed by atoms with Crippen LogP contribution in [0.15, 0.2) is 48.8 Å². The van der Waals surface area contributed by atoms with Gasteiger partial charge in [0.25, 0.3) is 0 Å². The molecule has 0 atom stereocenters. The van der Waals surface area contributed by atoms with E-state index in [4.69, 9.17) is 17.3 Å². The molecule has 0 bridgehead atoms. The number of carbonyl (C=O) groups is 1. The van der Waals surface area contributed by atoms with Gasteiger partial charge < -0.3 is 16.4 Å². The van der Waals surface area contributed by atoms with Gasteiger partial charge in [0.15, 0.2) is 17.0 Å². The Morgan fingerprint density at radius 2 is 1.72 bits per heavy atom. The molecule has 0 saturated heterocycles. The number of nitrogens with zero attached hydrogens (tertiary/aromatic N) is 4. The van der Waals surface area contributed by atoms with Crippen molar-refractivity contribution in [3.05, 3.63) is 65.2 Å². The molecule has 2 heterocycles. The molecule has 2 aromatic carbocycles. The number of nitrogen functional groups attached to an aromatic ring is 1. The number of imidazole rings is 1. The minimum atomic E-state index is -4.63. The Labute approximate surface area is 184 Å². The summed E-state index contributed by atoms with van der Waals surface area (Å²) in [4.78, 5) is 24.8. The second-order valence-corrected chi connectivity index (χ2v) is 7.15. The number of fused-ring (bicyclic) bond motifs is 1. The van der Waals surface area contributed by atoms with Gasteiger partial charge in [-0.05, 0) is 49.4 Å². The quantitative estimate of drug-likeness (QED) is 0.396. The maximum Gasteiger partial charge on any atom is 0.417 e. The number of urea groups is 1. The van der Waals surface area contributed by atoms with E-state index >= 15 is 0 Å². The first-order valence-electron chi connectivity index (χ1n) is 9.14. The number of benzene rings is 2. The Hall–Kier alpha value is -3.86. The Kier molecular flexibility index (Phi) is 5.35. The maximum absolute atomic E-state index is 13.0. The van der Waals surface area contributed by atoms with Crippen molar-refractivity contribution in [2.24, 2.45) is 0 Å². The molecule has 2 amide bonds. The lowest BCUT2D eigenvalue weighted by Crippen LogP contribution is -2.20. The van der Waals surface area contributed by atoms with Crippen molar-refractivity contribution in [2.75, 3.05) is 16.4 Å². The van der Waals surface area contributed by atoms with E-state index < -0.39 is 22.8 Å². The summed E-state index contributed by atoms with van der Waals surface area (Å²) in [5.74, 6) is 0.913. The summed E-state index contributed by atoms with van der Waals surface area (Å²) < 4.78 is 40.7. The third-order valence-electron chi connectivity index (χ3n) is 4.55. The van der Waals surface area contributed by atoms with Crippen molar-refractivity contribution in [3.63, 3.8) is 0 Å². The topological polar surface area (TPSA) is 111 Å². The number of hydrogen-bond acceptors (Lipinski definition) is 5. The van der Waals surface area contributed by atoms with E-state index in [1.807, 2.05) is 0 Å². The molecule has 0 aliphatic heterocycles. The Morgan fingerprint density at radius 1 is 1.06 bits per heavy atom. The Bertz CT molecular complexity index is 1320. The van der Waals surface area contributed by atoms with Crippen LogP contribution < -0.4 is 16.4 Å². The maximum atomic E-state index is 13.0. The number of alkyl halides is 3. The predicted octanol–water partition coefficient (Wildman–Crippen LogP) is 5.02. The zero-order chi connectivity index (χ0) is 23.0. The molecule has 0 saturated carbocycles. The van der Waals surface area contributed by atoms with E-state index in [-0.39, 0.29) is 11.5 Å². The van der Waals surface area contributed by atoms with Crippen LogP contribution in [0.25, 0.3) is 16.9 Å². The molecule has 0 aliphatic carbocycles. The van der Waals surface area contributed by atoms with Crippen molar-refractivity contribution in [3.8, 4) is 5.69 Å². The average Bonchev–Trinajstić information content (AvgIpc) is 3.06. The first kappa shape index (κ1) is 21.4. The summed E-state index contributed by atoms with van der Waals surface area (Å²) in [5.41, 5.74) is 6.93. The number of hydrogen-bond donors (Lipinski definition) is 3. The molecule has 0 fully saturated rings. The molecule has 4 aromatic rings. The molecule has 4 N–H and O–H groups in total. The molecule has 12 heteroatoms. The number of aromatic nitrogens is 4. The number of amides is 2. The van der Waals surface area contributed by atoms with E-state index in [1.54, 1.807) is 35.8 Å². The fraction of sp³-hybridized carbons (Fsp3) is 0.100. The van der Waals surface area contributed by atoms with E-state index in [1.165, 1.54) is 12.4 Å². The van der Waals surface area contributed by atoms with Crippen molar-refractivity contribution in [1.82, 2.24) is 19.5 Å². The molecular weight excluding hydrogens is 447 g/mol. The molecule has 0 aliphatic rings. The number of anilines is 3. The third kappa shape index (κ3) is 4.14. The van der Waals surface area contributed by atoms with Crippen LogP contribution in [0.5, 0.6) is 0 Å². The molecule has 8 nitrogen and oxygen atoms in total. The number of nitrogens with one attached hydrogen (secondary N) is 2. The second kappa shape index (κ2) is 8.00. The summed E-state index contributed by atoms with van der Waals surface area (Å²) in [6, 6.07) is 9.13. The third-order valence-corrected chi connectivity index (χ3v) is 4.88. The number of aryl methyl sites for hydroxylation is 1. The zero-order valence-electron chi connectivity index (χ0n) is 16.4. The molecule has 32 heavy (non-hydrogen) atoms. The largest absolute Gasteiger partial charge is 0.417 e. The normalized spacial score (nSPS) is 11.5. The minimum absolute atomic E-state index is 0.0476. The molecule has 0 spiro atoms. The van der Waals surface area contributed by atoms with Crippen LogP contribution in [-0.4, -0.2) is 25.6 Å². The minimum Gasteiger partial charge on any atom is -0.382 e. The van der Waals surface area contributed by atoms with Crippen LogP contribution in [0.4, 0.5) is 35.2 Å². The molecule has 0 unspecified atom stereocenters. The molecule has 4 rings (SSSR count). The average molecular weight is 462 g/mol. The van der Waals surface area contributed by atoms with Crippen molar-refractivity contribution in [1.29, 1.82) is 0 Å².